The third-order valence-electron chi connectivity index (χ3n) is 2.97. The number of alkyl halides is 3. The lowest BCUT2D eigenvalue weighted by atomic mass is 10.1. The standard InChI is InChI=1S/C14H11F3N6/c1-23-8-19-13(22-23)21-11-6-7-18-12(20-11)9-4-2-3-5-10(9)14(15,16)17/h2-8H,1H3,(H,18,20,21,22). The number of halogens is 3. The molecule has 0 unspecified atom stereocenters. The van der Waals surface area contributed by atoms with Crippen LogP contribution in [-0.4, -0.2) is 24.7 Å². The van der Waals surface area contributed by atoms with Gasteiger partial charge in [-0.3, -0.25) is 4.68 Å². The second-order valence-corrected chi connectivity index (χ2v) is 4.68. The minimum atomic E-state index is -4.48. The summed E-state index contributed by atoms with van der Waals surface area (Å²) in [5.74, 6) is 0.568. The normalized spacial score (nSPS) is 11.5. The lowest BCUT2D eigenvalue weighted by Gasteiger charge is -2.12. The van der Waals surface area contributed by atoms with Crippen molar-refractivity contribution in [2.75, 3.05) is 5.32 Å². The maximum absolute atomic E-state index is 13.1. The van der Waals surface area contributed by atoms with Crippen molar-refractivity contribution in [2.45, 2.75) is 6.18 Å². The van der Waals surface area contributed by atoms with Crippen molar-refractivity contribution in [1.82, 2.24) is 24.7 Å². The number of hydrogen-bond acceptors (Lipinski definition) is 5. The predicted octanol–water partition coefficient (Wildman–Crippen LogP) is 3.03. The first-order valence-electron chi connectivity index (χ1n) is 6.56. The van der Waals surface area contributed by atoms with Crippen molar-refractivity contribution in [3.63, 3.8) is 0 Å². The summed E-state index contributed by atoms with van der Waals surface area (Å²) < 4.78 is 40.8. The Bertz CT molecular complexity index is 827. The minimum Gasteiger partial charge on any atom is -0.307 e. The van der Waals surface area contributed by atoms with E-state index in [1.807, 2.05) is 0 Å². The molecule has 0 fully saturated rings. The number of anilines is 2. The fourth-order valence-corrected chi connectivity index (χ4v) is 1.99. The molecule has 1 aromatic carbocycles. The van der Waals surface area contributed by atoms with Gasteiger partial charge in [-0.15, -0.1) is 5.10 Å². The van der Waals surface area contributed by atoms with Gasteiger partial charge >= 0.3 is 6.18 Å². The van der Waals surface area contributed by atoms with Gasteiger partial charge in [-0.05, 0) is 12.1 Å². The molecule has 0 aliphatic rings. The molecule has 0 aliphatic carbocycles. The number of aryl methyl sites for hydroxylation is 1. The summed E-state index contributed by atoms with van der Waals surface area (Å²) in [6.07, 6.45) is -1.62. The molecule has 23 heavy (non-hydrogen) atoms. The van der Waals surface area contributed by atoms with Gasteiger partial charge in [-0.1, -0.05) is 18.2 Å². The third-order valence-corrected chi connectivity index (χ3v) is 2.97. The van der Waals surface area contributed by atoms with Gasteiger partial charge in [0.15, 0.2) is 5.82 Å². The number of benzene rings is 1. The van der Waals surface area contributed by atoms with E-state index >= 15 is 0 Å². The Morgan fingerprint density at radius 1 is 1.09 bits per heavy atom. The van der Waals surface area contributed by atoms with Crippen LogP contribution in [0.5, 0.6) is 0 Å². The average molecular weight is 320 g/mol. The number of hydrogen-bond donors (Lipinski definition) is 1. The maximum atomic E-state index is 13.1. The van der Waals surface area contributed by atoms with Crippen molar-refractivity contribution < 1.29 is 13.2 Å². The smallest absolute Gasteiger partial charge is 0.307 e. The Balaban J connectivity index is 1.97. The van der Waals surface area contributed by atoms with E-state index in [1.54, 1.807) is 7.05 Å². The Labute approximate surface area is 129 Å². The average Bonchev–Trinajstić information content (AvgIpc) is 2.92. The second kappa shape index (κ2) is 5.67. The Hall–Kier alpha value is -2.97. The highest BCUT2D eigenvalue weighted by Gasteiger charge is 2.34. The van der Waals surface area contributed by atoms with E-state index in [1.165, 1.54) is 41.5 Å². The van der Waals surface area contributed by atoms with Crippen LogP contribution in [0.3, 0.4) is 0 Å². The molecule has 3 rings (SSSR count). The minimum absolute atomic E-state index is 0.0288. The summed E-state index contributed by atoms with van der Waals surface area (Å²) in [5, 5.41) is 6.84. The molecule has 118 valence electrons. The van der Waals surface area contributed by atoms with Crippen molar-refractivity contribution in [3.05, 3.63) is 48.4 Å². The summed E-state index contributed by atoms with van der Waals surface area (Å²) in [6, 6.07) is 6.69. The molecule has 2 heterocycles. The first kappa shape index (κ1) is 14.9. The SMILES string of the molecule is Cn1cnc(Nc2ccnc(-c3ccccc3C(F)(F)F)n2)n1. The van der Waals surface area contributed by atoms with Gasteiger partial charge in [0.05, 0.1) is 5.56 Å². The molecule has 0 saturated heterocycles. The van der Waals surface area contributed by atoms with E-state index in [0.29, 0.717) is 11.8 Å². The summed E-state index contributed by atoms with van der Waals surface area (Å²) in [4.78, 5) is 12.0. The quantitative estimate of drug-likeness (QED) is 0.803. The van der Waals surface area contributed by atoms with Crippen molar-refractivity contribution in [2.24, 2.45) is 7.05 Å². The van der Waals surface area contributed by atoms with Crippen LogP contribution < -0.4 is 5.32 Å². The molecule has 2 aromatic heterocycles. The van der Waals surface area contributed by atoms with E-state index in [0.717, 1.165) is 6.07 Å². The molecule has 0 bridgehead atoms. The number of rotatable bonds is 3. The van der Waals surface area contributed by atoms with Crippen LogP contribution in [0.2, 0.25) is 0 Å². The third kappa shape index (κ3) is 3.28. The molecular formula is C14H11F3N6. The van der Waals surface area contributed by atoms with Crippen molar-refractivity contribution in [3.8, 4) is 11.4 Å². The van der Waals surface area contributed by atoms with Gasteiger partial charge in [0, 0.05) is 18.8 Å². The summed E-state index contributed by atoms with van der Waals surface area (Å²) in [6.45, 7) is 0. The fraction of sp³-hybridized carbons (Fsp3) is 0.143. The van der Waals surface area contributed by atoms with E-state index in [-0.39, 0.29) is 11.4 Å². The molecule has 9 heteroatoms. The zero-order valence-corrected chi connectivity index (χ0v) is 11.9. The maximum Gasteiger partial charge on any atom is 0.417 e. The highest BCUT2D eigenvalue weighted by atomic mass is 19.4. The topological polar surface area (TPSA) is 68.5 Å². The number of nitrogens with zero attached hydrogens (tertiary/aromatic N) is 5. The lowest BCUT2D eigenvalue weighted by molar-refractivity contribution is -0.137. The largest absolute Gasteiger partial charge is 0.417 e. The lowest BCUT2D eigenvalue weighted by Crippen LogP contribution is -2.08. The molecule has 6 nitrogen and oxygen atoms in total. The van der Waals surface area contributed by atoms with Crippen LogP contribution in [0.1, 0.15) is 5.56 Å². The van der Waals surface area contributed by atoms with E-state index in [9.17, 15) is 13.2 Å². The molecule has 0 radical (unpaired) electrons. The van der Waals surface area contributed by atoms with Crippen LogP contribution in [0.4, 0.5) is 24.9 Å². The molecule has 0 aliphatic heterocycles. The van der Waals surface area contributed by atoms with Crippen molar-refractivity contribution >= 4 is 11.8 Å². The van der Waals surface area contributed by atoms with Crippen LogP contribution in [0, 0.1) is 0 Å². The van der Waals surface area contributed by atoms with Gasteiger partial charge in [0.1, 0.15) is 12.1 Å². The molecule has 0 amide bonds. The number of nitrogens with one attached hydrogen (secondary N) is 1. The predicted molar refractivity (Wildman–Crippen MR) is 76.8 cm³/mol. The Kier molecular flexibility index (Phi) is 3.68. The number of aromatic nitrogens is 5. The summed E-state index contributed by atoms with van der Waals surface area (Å²) >= 11 is 0. The van der Waals surface area contributed by atoms with Crippen LogP contribution in [0.25, 0.3) is 11.4 Å². The van der Waals surface area contributed by atoms with Gasteiger partial charge in [0.2, 0.25) is 5.95 Å². The first-order valence-corrected chi connectivity index (χ1v) is 6.56. The van der Waals surface area contributed by atoms with E-state index in [4.69, 9.17) is 0 Å². The Morgan fingerprint density at radius 2 is 1.87 bits per heavy atom. The van der Waals surface area contributed by atoms with Gasteiger partial charge in [-0.2, -0.15) is 13.2 Å². The summed E-state index contributed by atoms with van der Waals surface area (Å²) in [7, 11) is 1.70. The first-order chi connectivity index (χ1) is 10.9. The van der Waals surface area contributed by atoms with Gasteiger partial charge < -0.3 is 5.32 Å². The molecule has 1 N–H and O–H groups in total. The second-order valence-electron chi connectivity index (χ2n) is 4.68. The Morgan fingerprint density at radius 3 is 2.57 bits per heavy atom. The fourth-order valence-electron chi connectivity index (χ4n) is 1.99. The van der Waals surface area contributed by atoms with E-state index < -0.39 is 11.7 Å². The monoisotopic (exact) mass is 320 g/mol. The highest BCUT2D eigenvalue weighted by molar-refractivity contribution is 5.63. The van der Waals surface area contributed by atoms with Crippen LogP contribution >= 0.6 is 0 Å². The molecular weight excluding hydrogens is 309 g/mol. The molecule has 0 saturated carbocycles. The van der Waals surface area contributed by atoms with E-state index in [2.05, 4.69) is 25.4 Å². The molecule has 0 spiro atoms. The molecule has 0 atom stereocenters. The zero-order valence-electron chi connectivity index (χ0n) is 11.9. The molecule has 3 aromatic rings. The van der Waals surface area contributed by atoms with Crippen LogP contribution in [-0.2, 0) is 13.2 Å². The highest BCUT2D eigenvalue weighted by Crippen LogP contribution is 2.35. The van der Waals surface area contributed by atoms with Crippen molar-refractivity contribution in [1.29, 1.82) is 0 Å². The van der Waals surface area contributed by atoms with Crippen LogP contribution in [0.15, 0.2) is 42.9 Å². The van der Waals surface area contributed by atoms with Gasteiger partial charge in [-0.25, -0.2) is 15.0 Å². The zero-order chi connectivity index (χ0) is 16.4. The summed E-state index contributed by atoms with van der Waals surface area (Å²) in [5.41, 5.74) is -0.870. The van der Waals surface area contributed by atoms with Gasteiger partial charge in [0.25, 0.3) is 0 Å².